The van der Waals surface area contributed by atoms with Gasteiger partial charge >= 0.3 is 29.6 Å². The van der Waals surface area contributed by atoms with Crippen LogP contribution in [0.1, 0.15) is 6.92 Å². The van der Waals surface area contributed by atoms with E-state index in [0.29, 0.717) is 5.75 Å². The van der Waals surface area contributed by atoms with Crippen LogP contribution in [0.15, 0.2) is 0 Å². The Kier molecular flexibility index (Phi) is 5.00. The summed E-state index contributed by atoms with van der Waals surface area (Å²) in [4.78, 5) is 0. The molecule has 0 amide bonds. The summed E-state index contributed by atoms with van der Waals surface area (Å²) in [5, 5.41) is -0.641. The maximum atomic E-state index is 10.5. The number of hydrogen-bond acceptors (Lipinski definition) is 4. The van der Waals surface area contributed by atoms with E-state index in [1.165, 1.54) is 11.8 Å². The summed E-state index contributed by atoms with van der Waals surface area (Å²) >= 11 is 1.54. The van der Waals surface area contributed by atoms with Crippen LogP contribution in [-0.4, -0.2) is 29.7 Å². The third kappa shape index (κ3) is 3.24. The summed E-state index contributed by atoms with van der Waals surface area (Å²) in [7, 11) is -4.02. The van der Waals surface area contributed by atoms with Crippen LogP contribution in [0.2, 0.25) is 0 Å². The number of rotatable bonds is 1. The molecule has 6 heteroatoms. The molecule has 1 aliphatic heterocycles. The van der Waals surface area contributed by atoms with Gasteiger partial charge in [-0.15, -0.1) is 0 Å². The molecular weight excluding hydrogens is 195 g/mol. The van der Waals surface area contributed by atoms with Gasteiger partial charge in [0.15, 0.2) is 0 Å². The molecule has 0 spiro atoms. The first-order valence-electron chi connectivity index (χ1n) is 3.04. The van der Waals surface area contributed by atoms with Gasteiger partial charge in [-0.1, -0.05) is 6.92 Å². The fourth-order valence-electron chi connectivity index (χ4n) is 1.01. The van der Waals surface area contributed by atoms with E-state index < -0.39 is 15.4 Å². The van der Waals surface area contributed by atoms with Crippen molar-refractivity contribution in [3.05, 3.63) is 0 Å². The van der Waals surface area contributed by atoms with E-state index in [4.69, 9.17) is 0 Å². The van der Waals surface area contributed by atoms with Crippen LogP contribution in [0.5, 0.6) is 0 Å². The van der Waals surface area contributed by atoms with Crippen LogP contribution in [-0.2, 0) is 10.1 Å². The Hall–Kier alpha value is 1.26. The molecule has 2 unspecified atom stereocenters. The minimum Gasteiger partial charge on any atom is -0.748 e. The predicted molar refractivity (Wildman–Crippen MR) is 40.0 cm³/mol. The van der Waals surface area contributed by atoms with Gasteiger partial charge in [-0.3, -0.25) is 0 Å². The average molecular weight is 204 g/mol. The van der Waals surface area contributed by atoms with Gasteiger partial charge in [0.05, 0.1) is 15.4 Å². The first-order valence-corrected chi connectivity index (χ1v) is 5.67. The number of thioether (sulfide) groups is 1. The Labute approximate surface area is 93.4 Å². The third-order valence-electron chi connectivity index (χ3n) is 1.67. The SMILES string of the molecule is CC1CSCC1S(=O)(=O)[O-].[Na+]. The van der Waals surface area contributed by atoms with E-state index in [2.05, 4.69) is 0 Å². The molecular formula is C5H9NaO3S2. The van der Waals surface area contributed by atoms with Crippen LogP contribution < -0.4 is 29.6 Å². The van der Waals surface area contributed by atoms with Crippen LogP contribution in [0.25, 0.3) is 0 Å². The van der Waals surface area contributed by atoms with E-state index in [1.54, 1.807) is 6.92 Å². The van der Waals surface area contributed by atoms with Gasteiger partial charge < -0.3 is 4.55 Å². The molecule has 11 heavy (non-hydrogen) atoms. The molecule has 0 aromatic rings. The molecule has 1 rings (SSSR count). The van der Waals surface area contributed by atoms with Crippen molar-refractivity contribution in [3.8, 4) is 0 Å². The van der Waals surface area contributed by atoms with Gasteiger partial charge in [-0.05, 0) is 11.7 Å². The molecule has 60 valence electrons. The molecule has 0 aromatic heterocycles. The fourth-order valence-corrected chi connectivity index (χ4v) is 4.05. The van der Waals surface area contributed by atoms with Crippen LogP contribution >= 0.6 is 11.8 Å². The third-order valence-corrected chi connectivity index (χ3v) is 4.61. The van der Waals surface area contributed by atoms with Gasteiger partial charge in [0.25, 0.3) is 0 Å². The molecule has 1 heterocycles. The van der Waals surface area contributed by atoms with E-state index in [0.717, 1.165) is 5.75 Å². The molecule has 0 saturated carbocycles. The topological polar surface area (TPSA) is 57.2 Å². The molecule has 2 atom stereocenters. The summed E-state index contributed by atoms with van der Waals surface area (Å²) in [5.41, 5.74) is 0. The smallest absolute Gasteiger partial charge is 0.748 e. The van der Waals surface area contributed by atoms with E-state index in [-0.39, 0.29) is 35.5 Å². The standard InChI is InChI=1S/C5H10O3S2.Na/c1-4-2-9-3-5(4)10(6,7)8;/h4-5H,2-3H2,1H3,(H,6,7,8);/q;+1/p-1. The minimum absolute atomic E-state index is 0. The molecule has 1 fully saturated rings. The summed E-state index contributed by atoms with van der Waals surface area (Å²) in [6, 6.07) is 0. The van der Waals surface area contributed by atoms with Crippen molar-refractivity contribution in [1.29, 1.82) is 0 Å². The van der Waals surface area contributed by atoms with Gasteiger partial charge in [-0.2, -0.15) is 11.8 Å². The Bertz CT molecular complexity index is 214. The monoisotopic (exact) mass is 204 g/mol. The van der Waals surface area contributed by atoms with Crippen LogP contribution in [0.3, 0.4) is 0 Å². The van der Waals surface area contributed by atoms with Crippen molar-refractivity contribution < 1.29 is 42.5 Å². The van der Waals surface area contributed by atoms with Crippen LogP contribution in [0, 0.1) is 5.92 Å². The maximum Gasteiger partial charge on any atom is 1.00 e. The van der Waals surface area contributed by atoms with E-state index in [1.807, 2.05) is 0 Å². The maximum absolute atomic E-state index is 10.5. The molecule has 3 nitrogen and oxygen atoms in total. The zero-order valence-electron chi connectivity index (χ0n) is 6.61. The largest absolute Gasteiger partial charge is 1.00 e. The molecule has 1 aliphatic rings. The Morgan fingerprint density at radius 3 is 2.18 bits per heavy atom. The summed E-state index contributed by atoms with van der Waals surface area (Å²) in [5.74, 6) is 1.31. The van der Waals surface area contributed by atoms with Gasteiger partial charge in [0.2, 0.25) is 0 Å². The second-order valence-electron chi connectivity index (χ2n) is 2.55. The zero-order chi connectivity index (χ0) is 7.78. The Morgan fingerprint density at radius 1 is 1.45 bits per heavy atom. The van der Waals surface area contributed by atoms with Crippen molar-refractivity contribution in [2.75, 3.05) is 11.5 Å². The van der Waals surface area contributed by atoms with Gasteiger partial charge in [0, 0.05) is 5.75 Å². The summed E-state index contributed by atoms with van der Waals surface area (Å²) in [6.45, 7) is 1.81. The van der Waals surface area contributed by atoms with Gasteiger partial charge in [0.1, 0.15) is 0 Å². The molecule has 0 radical (unpaired) electrons. The molecule has 1 saturated heterocycles. The fraction of sp³-hybridized carbons (Fsp3) is 1.00. The Morgan fingerprint density at radius 2 is 2.00 bits per heavy atom. The zero-order valence-corrected chi connectivity index (χ0v) is 10.2. The summed E-state index contributed by atoms with van der Waals surface area (Å²) < 4.78 is 31.4. The second kappa shape index (κ2) is 4.48. The predicted octanol–water partition coefficient (Wildman–Crippen LogP) is -2.71. The van der Waals surface area contributed by atoms with Crippen molar-refractivity contribution in [3.63, 3.8) is 0 Å². The average Bonchev–Trinajstić information content (AvgIpc) is 2.11. The van der Waals surface area contributed by atoms with Crippen molar-refractivity contribution in [1.82, 2.24) is 0 Å². The van der Waals surface area contributed by atoms with Gasteiger partial charge in [-0.25, -0.2) is 8.42 Å². The number of hydrogen-bond donors (Lipinski definition) is 0. The first-order chi connectivity index (χ1) is 4.52. The molecule has 0 N–H and O–H groups in total. The second-order valence-corrected chi connectivity index (χ2v) is 5.21. The van der Waals surface area contributed by atoms with E-state index in [9.17, 15) is 13.0 Å². The minimum atomic E-state index is -4.02. The molecule has 0 aromatic carbocycles. The van der Waals surface area contributed by atoms with Crippen molar-refractivity contribution in [2.45, 2.75) is 12.2 Å². The molecule has 0 aliphatic carbocycles. The quantitative estimate of drug-likeness (QED) is 0.344. The Balaban J connectivity index is 0.000001000. The normalized spacial score (nSPS) is 31.5. The van der Waals surface area contributed by atoms with Crippen molar-refractivity contribution in [2.24, 2.45) is 5.92 Å². The van der Waals surface area contributed by atoms with E-state index >= 15 is 0 Å². The van der Waals surface area contributed by atoms with Crippen LogP contribution in [0.4, 0.5) is 0 Å². The summed E-state index contributed by atoms with van der Waals surface area (Å²) in [6.07, 6.45) is 0. The van der Waals surface area contributed by atoms with Crippen molar-refractivity contribution >= 4 is 21.9 Å². The molecule has 0 bridgehead atoms. The first kappa shape index (κ1) is 12.3.